The maximum Gasteiger partial charge on any atom is 0.416 e. The Kier molecular flexibility index (Phi) is 8.17. The number of nitrogens with one attached hydrogen (secondary N) is 2. The number of anilines is 1. The van der Waals surface area contributed by atoms with Gasteiger partial charge in [0.05, 0.1) is 24.6 Å². The molecule has 0 atom stereocenters. The smallest absolute Gasteiger partial charge is 0.416 e. The SMILES string of the molecule is CS(=O)(=O)Nc1ccc(CNC(=O)COc2c(I)cc(C(F)(F)F)cc2I)cc1F. The molecule has 0 saturated heterocycles. The minimum atomic E-state index is -4.49. The lowest BCUT2D eigenvalue weighted by Gasteiger charge is -2.14. The van der Waals surface area contributed by atoms with Gasteiger partial charge in [0.25, 0.3) is 5.91 Å². The van der Waals surface area contributed by atoms with Gasteiger partial charge in [0.2, 0.25) is 10.0 Å². The van der Waals surface area contributed by atoms with Crippen LogP contribution in [0.25, 0.3) is 0 Å². The van der Waals surface area contributed by atoms with Crippen molar-refractivity contribution in [3.8, 4) is 5.75 Å². The summed E-state index contributed by atoms with van der Waals surface area (Å²) in [4.78, 5) is 12.0. The molecule has 30 heavy (non-hydrogen) atoms. The van der Waals surface area contributed by atoms with Crippen molar-refractivity contribution in [1.29, 1.82) is 0 Å². The summed E-state index contributed by atoms with van der Waals surface area (Å²) in [5.74, 6) is -1.22. The zero-order valence-corrected chi connectivity index (χ0v) is 20.2. The Labute approximate surface area is 197 Å². The summed E-state index contributed by atoms with van der Waals surface area (Å²) < 4.78 is 82.5. The van der Waals surface area contributed by atoms with Crippen LogP contribution in [0, 0.1) is 13.0 Å². The van der Waals surface area contributed by atoms with E-state index in [1.165, 1.54) is 12.1 Å². The van der Waals surface area contributed by atoms with E-state index < -0.39 is 40.1 Å². The molecule has 6 nitrogen and oxygen atoms in total. The number of hydrogen-bond acceptors (Lipinski definition) is 4. The fourth-order valence-corrected chi connectivity index (χ4v) is 4.85. The van der Waals surface area contributed by atoms with Crippen LogP contribution < -0.4 is 14.8 Å². The van der Waals surface area contributed by atoms with Crippen LogP contribution >= 0.6 is 45.2 Å². The van der Waals surface area contributed by atoms with Crippen LogP contribution in [0.5, 0.6) is 5.75 Å². The van der Waals surface area contributed by atoms with Gasteiger partial charge in [-0.25, -0.2) is 12.8 Å². The van der Waals surface area contributed by atoms with Crippen molar-refractivity contribution in [2.45, 2.75) is 12.7 Å². The lowest BCUT2D eigenvalue weighted by molar-refractivity contribution is -0.137. The molecule has 0 unspecified atom stereocenters. The van der Waals surface area contributed by atoms with Gasteiger partial charge in [-0.2, -0.15) is 13.2 Å². The Hall–Kier alpha value is -1.36. The molecular formula is C17H14F4I2N2O4S. The summed E-state index contributed by atoms with van der Waals surface area (Å²) in [6, 6.07) is 5.56. The highest BCUT2D eigenvalue weighted by atomic mass is 127. The topological polar surface area (TPSA) is 84.5 Å². The number of hydrogen-bond donors (Lipinski definition) is 2. The first-order chi connectivity index (χ1) is 13.8. The van der Waals surface area contributed by atoms with Crippen LogP contribution in [-0.2, 0) is 27.5 Å². The van der Waals surface area contributed by atoms with E-state index in [1.807, 2.05) is 4.72 Å². The summed E-state index contributed by atoms with van der Waals surface area (Å²) in [5, 5.41) is 2.48. The van der Waals surface area contributed by atoms with Crippen molar-refractivity contribution < 1.29 is 35.5 Å². The van der Waals surface area contributed by atoms with Gasteiger partial charge in [-0.1, -0.05) is 6.07 Å². The Bertz CT molecular complexity index is 1040. The van der Waals surface area contributed by atoms with E-state index in [2.05, 4.69) is 5.32 Å². The summed E-state index contributed by atoms with van der Waals surface area (Å²) in [5.41, 5.74) is -0.662. The minimum Gasteiger partial charge on any atom is -0.482 e. The molecule has 2 N–H and O–H groups in total. The van der Waals surface area contributed by atoms with Gasteiger partial charge in [-0.3, -0.25) is 9.52 Å². The third-order valence-electron chi connectivity index (χ3n) is 3.49. The molecule has 0 aliphatic carbocycles. The molecule has 164 valence electrons. The summed E-state index contributed by atoms with van der Waals surface area (Å²) in [7, 11) is -3.63. The van der Waals surface area contributed by atoms with Crippen LogP contribution in [0.4, 0.5) is 23.2 Å². The van der Waals surface area contributed by atoms with E-state index >= 15 is 0 Å². The van der Waals surface area contributed by atoms with Crippen molar-refractivity contribution in [2.24, 2.45) is 0 Å². The average Bonchev–Trinajstić information content (AvgIpc) is 2.59. The molecule has 2 aromatic carbocycles. The second-order valence-corrected chi connectivity index (χ2v) is 10.1. The third kappa shape index (κ3) is 7.40. The lowest BCUT2D eigenvalue weighted by Crippen LogP contribution is -2.28. The number of ether oxygens (including phenoxy) is 1. The Balaban J connectivity index is 1.95. The first-order valence-corrected chi connectivity index (χ1v) is 12.0. The average molecular weight is 672 g/mol. The molecule has 1 amide bonds. The largest absolute Gasteiger partial charge is 0.482 e. The molecule has 0 aromatic heterocycles. The van der Waals surface area contributed by atoms with E-state index in [0.717, 1.165) is 24.5 Å². The van der Waals surface area contributed by atoms with Crippen LogP contribution in [0.1, 0.15) is 11.1 Å². The molecule has 0 saturated carbocycles. The Morgan fingerprint density at radius 3 is 2.23 bits per heavy atom. The highest BCUT2D eigenvalue weighted by molar-refractivity contribution is 14.1. The quantitative estimate of drug-likeness (QED) is 0.343. The fraction of sp³-hybridized carbons (Fsp3) is 0.235. The van der Waals surface area contributed by atoms with Gasteiger partial charge in [0, 0.05) is 6.54 Å². The van der Waals surface area contributed by atoms with Gasteiger partial charge in [0.15, 0.2) is 6.61 Å². The summed E-state index contributed by atoms with van der Waals surface area (Å²) in [6.45, 7) is -0.507. The zero-order chi connectivity index (χ0) is 22.7. The van der Waals surface area contributed by atoms with E-state index in [1.54, 1.807) is 45.2 Å². The van der Waals surface area contributed by atoms with E-state index in [-0.39, 0.29) is 25.1 Å². The lowest BCUT2D eigenvalue weighted by atomic mass is 10.2. The van der Waals surface area contributed by atoms with E-state index in [4.69, 9.17) is 4.74 Å². The molecule has 0 aliphatic heterocycles. The standard InChI is InChI=1S/C17H14F4I2N2O4S/c1-30(27,28)25-14-3-2-9(4-11(14)18)7-24-15(26)8-29-16-12(22)5-10(6-13(16)23)17(19,20)21/h2-6,25H,7-8H2,1H3,(H,24,26). The molecule has 13 heteroatoms. The molecule has 0 fully saturated rings. The Morgan fingerprint density at radius 2 is 1.73 bits per heavy atom. The maximum absolute atomic E-state index is 13.9. The number of amides is 1. The Morgan fingerprint density at radius 1 is 1.13 bits per heavy atom. The number of benzene rings is 2. The van der Waals surface area contributed by atoms with E-state index in [9.17, 15) is 30.8 Å². The van der Waals surface area contributed by atoms with Crippen molar-refractivity contribution in [1.82, 2.24) is 5.32 Å². The summed E-state index contributed by atoms with van der Waals surface area (Å²) >= 11 is 3.39. The zero-order valence-electron chi connectivity index (χ0n) is 15.1. The number of carbonyl (C=O) groups excluding carboxylic acids is 1. The molecule has 0 heterocycles. The van der Waals surface area contributed by atoms with Crippen LogP contribution in [0.15, 0.2) is 30.3 Å². The number of rotatable bonds is 7. The van der Waals surface area contributed by atoms with Crippen LogP contribution in [0.2, 0.25) is 0 Å². The van der Waals surface area contributed by atoms with Crippen molar-refractivity contribution >= 4 is 66.8 Å². The highest BCUT2D eigenvalue weighted by Crippen LogP contribution is 2.36. The van der Waals surface area contributed by atoms with Crippen molar-refractivity contribution in [2.75, 3.05) is 17.6 Å². The van der Waals surface area contributed by atoms with Crippen LogP contribution in [-0.4, -0.2) is 27.2 Å². The molecule has 2 rings (SSSR count). The molecule has 0 aliphatic rings. The van der Waals surface area contributed by atoms with E-state index in [0.29, 0.717) is 5.56 Å². The molecule has 0 bridgehead atoms. The van der Waals surface area contributed by atoms with Gasteiger partial charge >= 0.3 is 6.18 Å². The normalized spacial score (nSPS) is 11.8. The second-order valence-electron chi connectivity index (χ2n) is 6.02. The fourth-order valence-electron chi connectivity index (χ4n) is 2.20. The maximum atomic E-state index is 13.9. The number of alkyl halides is 3. The number of sulfonamides is 1. The predicted molar refractivity (Wildman–Crippen MR) is 119 cm³/mol. The monoisotopic (exact) mass is 672 g/mol. The first-order valence-electron chi connectivity index (χ1n) is 7.98. The second kappa shape index (κ2) is 9.84. The number of halogens is 6. The van der Waals surface area contributed by atoms with Gasteiger partial charge in [0.1, 0.15) is 11.6 Å². The molecule has 0 radical (unpaired) electrons. The number of carbonyl (C=O) groups is 1. The summed E-state index contributed by atoms with van der Waals surface area (Å²) in [6.07, 6.45) is -3.60. The van der Waals surface area contributed by atoms with Gasteiger partial charge in [-0.15, -0.1) is 0 Å². The minimum absolute atomic E-state index is 0.0561. The predicted octanol–water partition coefficient (Wildman–Crippen LogP) is 4.12. The van der Waals surface area contributed by atoms with Crippen molar-refractivity contribution in [3.63, 3.8) is 0 Å². The van der Waals surface area contributed by atoms with Gasteiger partial charge in [-0.05, 0) is 75.0 Å². The highest BCUT2D eigenvalue weighted by Gasteiger charge is 2.32. The third-order valence-corrected chi connectivity index (χ3v) is 5.69. The first kappa shape index (κ1) is 24.9. The molecule has 2 aromatic rings. The van der Waals surface area contributed by atoms with Crippen LogP contribution in [0.3, 0.4) is 0 Å². The molecule has 0 spiro atoms. The van der Waals surface area contributed by atoms with Gasteiger partial charge < -0.3 is 10.1 Å². The molecular weight excluding hydrogens is 658 g/mol. The van der Waals surface area contributed by atoms with Crippen molar-refractivity contribution in [3.05, 3.63) is 54.4 Å².